The fraction of sp³-hybridized carbons (Fsp3) is 0.250. The zero-order chi connectivity index (χ0) is 24.4. The Kier molecular flexibility index (Phi) is 6.64. The van der Waals surface area contributed by atoms with E-state index < -0.39 is 5.82 Å². The second-order valence-corrected chi connectivity index (χ2v) is 8.83. The normalized spacial score (nSPS) is 13.0. The first kappa shape index (κ1) is 23.2. The van der Waals surface area contributed by atoms with Crippen molar-refractivity contribution in [2.75, 3.05) is 13.2 Å². The molecule has 180 valence electrons. The van der Waals surface area contributed by atoms with Gasteiger partial charge in [-0.2, -0.15) is 0 Å². The molecule has 0 amide bonds. The Labute approximate surface area is 207 Å². The summed E-state index contributed by atoms with van der Waals surface area (Å²) in [6.07, 6.45) is 3.85. The van der Waals surface area contributed by atoms with Gasteiger partial charge < -0.3 is 18.6 Å². The van der Waals surface area contributed by atoms with Gasteiger partial charge in [0.25, 0.3) is 0 Å². The van der Waals surface area contributed by atoms with E-state index in [1.54, 1.807) is 12.1 Å². The van der Waals surface area contributed by atoms with E-state index in [9.17, 15) is 9.18 Å². The molecule has 3 aromatic carbocycles. The summed E-state index contributed by atoms with van der Waals surface area (Å²) in [5, 5.41) is 0.777. The SMILES string of the molecule is CCCc1cc2c(=O)c(-c3ccc4c(c3)OCCCO4)coc2cc1OCc1ccc(F)cc1Cl. The average Bonchev–Trinajstić information content (AvgIpc) is 3.09. The maximum absolute atomic E-state index is 13.5. The molecule has 0 spiro atoms. The smallest absolute Gasteiger partial charge is 0.200 e. The molecular weight excluding hydrogens is 471 g/mol. The Hall–Kier alpha value is -3.51. The van der Waals surface area contributed by atoms with Crippen LogP contribution in [0.1, 0.15) is 30.9 Å². The molecule has 0 aliphatic carbocycles. The van der Waals surface area contributed by atoms with Crippen LogP contribution in [0, 0.1) is 5.82 Å². The van der Waals surface area contributed by atoms with Crippen molar-refractivity contribution in [3.8, 4) is 28.4 Å². The number of hydrogen-bond donors (Lipinski definition) is 0. The predicted octanol–water partition coefficient (Wildman–Crippen LogP) is 6.95. The average molecular weight is 495 g/mol. The second kappa shape index (κ2) is 10.0. The molecule has 35 heavy (non-hydrogen) atoms. The number of halogens is 2. The first-order chi connectivity index (χ1) is 17.0. The highest BCUT2D eigenvalue weighted by Crippen LogP contribution is 2.35. The predicted molar refractivity (Wildman–Crippen MR) is 133 cm³/mol. The van der Waals surface area contributed by atoms with E-state index in [-0.39, 0.29) is 12.0 Å². The first-order valence-electron chi connectivity index (χ1n) is 11.6. The van der Waals surface area contributed by atoms with Crippen LogP contribution in [0.5, 0.6) is 17.2 Å². The third-order valence-electron chi connectivity index (χ3n) is 5.93. The van der Waals surface area contributed by atoms with E-state index in [1.807, 2.05) is 24.3 Å². The van der Waals surface area contributed by atoms with Gasteiger partial charge in [0.05, 0.1) is 29.2 Å². The summed E-state index contributed by atoms with van der Waals surface area (Å²) in [5.41, 5.74) is 3.00. The molecule has 5 nitrogen and oxygen atoms in total. The van der Waals surface area contributed by atoms with Gasteiger partial charge >= 0.3 is 0 Å². The Morgan fingerprint density at radius 3 is 2.63 bits per heavy atom. The third kappa shape index (κ3) is 4.84. The lowest BCUT2D eigenvalue weighted by Gasteiger charge is -2.14. The van der Waals surface area contributed by atoms with Crippen LogP contribution in [0.2, 0.25) is 5.02 Å². The summed E-state index contributed by atoms with van der Waals surface area (Å²) >= 11 is 6.14. The van der Waals surface area contributed by atoms with Gasteiger partial charge in [0.2, 0.25) is 5.43 Å². The molecule has 0 saturated heterocycles. The molecule has 1 aliphatic rings. The van der Waals surface area contributed by atoms with Crippen LogP contribution in [-0.4, -0.2) is 13.2 Å². The highest BCUT2D eigenvalue weighted by Gasteiger charge is 2.17. The van der Waals surface area contributed by atoms with Crippen LogP contribution in [0.15, 0.2) is 64.0 Å². The minimum absolute atomic E-state index is 0.133. The highest BCUT2D eigenvalue weighted by molar-refractivity contribution is 6.31. The number of aryl methyl sites for hydroxylation is 1. The minimum Gasteiger partial charge on any atom is -0.490 e. The van der Waals surface area contributed by atoms with E-state index in [0.29, 0.717) is 63.1 Å². The van der Waals surface area contributed by atoms with Crippen molar-refractivity contribution in [2.24, 2.45) is 0 Å². The summed E-state index contributed by atoms with van der Waals surface area (Å²) in [5.74, 6) is 1.49. The number of ether oxygens (including phenoxy) is 3. The van der Waals surface area contributed by atoms with Gasteiger partial charge in [-0.1, -0.05) is 37.1 Å². The molecule has 0 radical (unpaired) electrons. The first-order valence-corrected chi connectivity index (χ1v) is 12.0. The van der Waals surface area contributed by atoms with Gasteiger partial charge in [0.15, 0.2) is 11.5 Å². The standard InChI is InChI=1S/C28H24ClFO5/c1-2-4-18-11-21-26(14-25(18)34-15-19-5-7-20(30)13-23(19)29)35-16-22(28(21)31)17-6-8-24-27(12-17)33-10-3-9-32-24/h5-8,11-14,16H,2-4,9-10,15H2,1H3. The van der Waals surface area contributed by atoms with Gasteiger partial charge in [-0.05, 0) is 47.9 Å². The number of fused-ring (bicyclic) bond motifs is 2. The van der Waals surface area contributed by atoms with Crippen LogP contribution in [-0.2, 0) is 13.0 Å². The number of rotatable bonds is 6. The Balaban J connectivity index is 1.51. The molecule has 4 aromatic rings. The maximum Gasteiger partial charge on any atom is 0.200 e. The van der Waals surface area contributed by atoms with Crippen molar-refractivity contribution in [1.82, 2.24) is 0 Å². The molecule has 0 bridgehead atoms. The Morgan fingerprint density at radius 2 is 1.83 bits per heavy atom. The molecule has 5 rings (SSSR count). The largest absolute Gasteiger partial charge is 0.490 e. The van der Waals surface area contributed by atoms with Crippen LogP contribution in [0.25, 0.3) is 22.1 Å². The molecule has 0 atom stereocenters. The molecule has 1 aromatic heterocycles. The summed E-state index contributed by atoms with van der Waals surface area (Å²) in [6, 6.07) is 13.2. The second-order valence-electron chi connectivity index (χ2n) is 8.42. The van der Waals surface area contributed by atoms with Gasteiger partial charge in [-0.3, -0.25) is 4.79 Å². The quantitative estimate of drug-likeness (QED) is 0.290. The van der Waals surface area contributed by atoms with E-state index in [1.165, 1.54) is 18.4 Å². The molecule has 2 heterocycles. The molecule has 0 fully saturated rings. The van der Waals surface area contributed by atoms with E-state index in [0.717, 1.165) is 24.8 Å². The fourth-order valence-electron chi connectivity index (χ4n) is 4.13. The minimum atomic E-state index is -0.401. The highest BCUT2D eigenvalue weighted by atomic mass is 35.5. The molecular formula is C28H24ClFO5. The van der Waals surface area contributed by atoms with E-state index in [4.69, 9.17) is 30.2 Å². The van der Waals surface area contributed by atoms with Crippen molar-refractivity contribution >= 4 is 22.6 Å². The van der Waals surface area contributed by atoms with Crippen molar-refractivity contribution < 1.29 is 23.0 Å². The van der Waals surface area contributed by atoms with Gasteiger partial charge in [-0.25, -0.2) is 4.39 Å². The van der Waals surface area contributed by atoms with Crippen molar-refractivity contribution in [1.29, 1.82) is 0 Å². The molecule has 7 heteroatoms. The van der Waals surface area contributed by atoms with Crippen LogP contribution < -0.4 is 19.6 Å². The molecule has 1 aliphatic heterocycles. The summed E-state index contributed by atoms with van der Waals surface area (Å²) < 4.78 is 36.8. The monoisotopic (exact) mass is 494 g/mol. The number of hydrogen-bond acceptors (Lipinski definition) is 5. The maximum atomic E-state index is 13.5. The zero-order valence-corrected chi connectivity index (χ0v) is 20.0. The van der Waals surface area contributed by atoms with E-state index in [2.05, 4.69) is 6.92 Å². The third-order valence-corrected chi connectivity index (χ3v) is 6.28. The van der Waals surface area contributed by atoms with Crippen LogP contribution in [0.3, 0.4) is 0 Å². The van der Waals surface area contributed by atoms with Crippen LogP contribution >= 0.6 is 11.6 Å². The topological polar surface area (TPSA) is 57.9 Å². The zero-order valence-electron chi connectivity index (χ0n) is 19.2. The molecule has 0 saturated carbocycles. The lowest BCUT2D eigenvalue weighted by atomic mass is 10.0. The summed E-state index contributed by atoms with van der Waals surface area (Å²) in [6.45, 7) is 3.39. The van der Waals surface area contributed by atoms with Crippen molar-refractivity contribution in [3.05, 3.63) is 87.0 Å². The lowest BCUT2D eigenvalue weighted by Crippen LogP contribution is -2.07. The van der Waals surface area contributed by atoms with Crippen molar-refractivity contribution in [2.45, 2.75) is 32.8 Å². The van der Waals surface area contributed by atoms with Gasteiger partial charge in [0, 0.05) is 18.1 Å². The van der Waals surface area contributed by atoms with E-state index >= 15 is 0 Å². The molecule has 0 N–H and O–H groups in total. The fourth-order valence-corrected chi connectivity index (χ4v) is 4.35. The lowest BCUT2D eigenvalue weighted by molar-refractivity contribution is 0.297. The molecule has 0 unspecified atom stereocenters. The Bertz CT molecular complexity index is 1450. The van der Waals surface area contributed by atoms with Gasteiger partial charge in [-0.15, -0.1) is 0 Å². The Morgan fingerprint density at radius 1 is 1.00 bits per heavy atom. The van der Waals surface area contributed by atoms with Gasteiger partial charge in [0.1, 0.15) is 30.0 Å². The summed E-state index contributed by atoms with van der Waals surface area (Å²) in [7, 11) is 0. The van der Waals surface area contributed by atoms with Crippen molar-refractivity contribution in [3.63, 3.8) is 0 Å². The van der Waals surface area contributed by atoms with Crippen LogP contribution in [0.4, 0.5) is 4.39 Å². The summed E-state index contributed by atoms with van der Waals surface area (Å²) in [4.78, 5) is 13.5. The number of benzene rings is 3.